The number of hydrogen-bond acceptors (Lipinski definition) is 4. The number of carbonyl (C=O) groups excluding carboxylic acids is 1. The molecule has 1 aromatic rings. The fourth-order valence-corrected chi connectivity index (χ4v) is 3.90. The van der Waals surface area contributed by atoms with E-state index in [0.29, 0.717) is 11.6 Å². The second-order valence-electron chi connectivity index (χ2n) is 6.93. The number of hydrogen-bond donors (Lipinski definition) is 2. The molecule has 3 rings (SSSR count). The molecule has 2 N–H and O–H groups in total. The van der Waals surface area contributed by atoms with E-state index in [2.05, 4.69) is 10.2 Å². The van der Waals surface area contributed by atoms with Crippen molar-refractivity contribution >= 4 is 5.91 Å². The average Bonchev–Trinajstić information content (AvgIpc) is 2.63. The van der Waals surface area contributed by atoms with Gasteiger partial charge >= 0.3 is 0 Å². The Kier molecular flexibility index (Phi) is 5.74. The average molecular weight is 332 g/mol. The topological polar surface area (TPSA) is 61.8 Å². The molecule has 2 aliphatic rings. The Balaban J connectivity index is 1.48. The van der Waals surface area contributed by atoms with Crippen LogP contribution in [0.4, 0.5) is 0 Å². The van der Waals surface area contributed by atoms with E-state index in [1.54, 1.807) is 19.2 Å². The van der Waals surface area contributed by atoms with Crippen molar-refractivity contribution in [1.29, 1.82) is 0 Å². The van der Waals surface area contributed by atoms with E-state index in [4.69, 9.17) is 4.74 Å². The first-order valence-corrected chi connectivity index (χ1v) is 9.04. The first-order valence-electron chi connectivity index (χ1n) is 9.04. The number of aliphatic hydroxyl groups excluding tert-OH is 1. The quantitative estimate of drug-likeness (QED) is 0.887. The van der Waals surface area contributed by atoms with Gasteiger partial charge in [-0.1, -0.05) is 12.8 Å². The van der Waals surface area contributed by atoms with Gasteiger partial charge in [0.05, 0.1) is 13.2 Å². The van der Waals surface area contributed by atoms with Gasteiger partial charge in [-0.25, -0.2) is 0 Å². The molecule has 5 nitrogen and oxygen atoms in total. The zero-order valence-electron chi connectivity index (χ0n) is 14.4. The van der Waals surface area contributed by atoms with Crippen LogP contribution in [-0.2, 0) is 0 Å². The van der Waals surface area contributed by atoms with Crippen LogP contribution < -0.4 is 10.1 Å². The van der Waals surface area contributed by atoms with E-state index in [-0.39, 0.29) is 18.1 Å². The molecule has 132 valence electrons. The first-order chi connectivity index (χ1) is 11.7. The zero-order valence-corrected chi connectivity index (χ0v) is 14.4. The lowest BCUT2D eigenvalue weighted by molar-refractivity contribution is 0.00727. The minimum absolute atomic E-state index is 0.0196. The number of benzene rings is 1. The van der Waals surface area contributed by atoms with Gasteiger partial charge in [0.25, 0.3) is 5.91 Å². The molecule has 1 aromatic carbocycles. The summed E-state index contributed by atoms with van der Waals surface area (Å²) in [4.78, 5) is 14.8. The molecule has 2 fully saturated rings. The van der Waals surface area contributed by atoms with Gasteiger partial charge in [-0.2, -0.15) is 0 Å². The van der Waals surface area contributed by atoms with Gasteiger partial charge in [0, 0.05) is 30.7 Å². The van der Waals surface area contributed by atoms with Crippen molar-refractivity contribution in [3.05, 3.63) is 29.8 Å². The van der Waals surface area contributed by atoms with Crippen molar-refractivity contribution in [2.45, 2.75) is 56.7 Å². The summed E-state index contributed by atoms with van der Waals surface area (Å²) >= 11 is 0. The van der Waals surface area contributed by atoms with E-state index >= 15 is 0 Å². The second kappa shape index (κ2) is 7.99. The highest BCUT2D eigenvalue weighted by Crippen LogP contribution is 2.26. The third kappa shape index (κ3) is 4.08. The number of ether oxygens (including phenoxy) is 1. The molecule has 5 heteroatoms. The number of nitrogens with one attached hydrogen (secondary N) is 1. The Morgan fingerprint density at radius 3 is 2.42 bits per heavy atom. The van der Waals surface area contributed by atoms with Crippen LogP contribution in [-0.4, -0.2) is 54.3 Å². The minimum atomic E-state index is -0.177. The fraction of sp³-hybridized carbons (Fsp3) is 0.632. The maximum absolute atomic E-state index is 12.3. The number of methoxy groups -OCH3 is 1. The summed E-state index contributed by atoms with van der Waals surface area (Å²) in [5.74, 6) is 0.736. The lowest BCUT2D eigenvalue weighted by Gasteiger charge is -2.41. The maximum Gasteiger partial charge on any atom is 0.251 e. The van der Waals surface area contributed by atoms with E-state index in [9.17, 15) is 9.90 Å². The molecule has 24 heavy (non-hydrogen) atoms. The normalized spacial score (nSPS) is 26.1. The Morgan fingerprint density at radius 1 is 1.12 bits per heavy atom. The van der Waals surface area contributed by atoms with Crippen molar-refractivity contribution < 1.29 is 14.6 Å². The molecule has 1 aliphatic carbocycles. The Morgan fingerprint density at radius 2 is 1.79 bits per heavy atom. The number of carbonyl (C=O) groups is 1. The molecule has 0 bridgehead atoms. The van der Waals surface area contributed by atoms with Crippen LogP contribution in [0.25, 0.3) is 0 Å². The number of likely N-dealkylation sites (tertiary alicyclic amines) is 1. The highest BCUT2D eigenvalue weighted by molar-refractivity contribution is 5.94. The Bertz CT molecular complexity index is 538. The van der Waals surface area contributed by atoms with Crippen molar-refractivity contribution in [2.75, 3.05) is 20.2 Å². The monoisotopic (exact) mass is 332 g/mol. The number of amides is 1. The summed E-state index contributed by atoms with van der Waals surface area (Å²) in [6, 6.07) is 7.74. The van der Waals surface area contributed by atoms with E-state index in [0.717, 1.165) is 50.9 Å². The SMILES string of the molecule is COc1ccc(C(=O)NC2CCN(C3CCCCC3O)CC2)cc1. The molecular weight excluding hydrogens is 304 g/mol. The Labute approximate surface area is 144 Å². The van der Waals surface area contributed by atoms with Crippen LogP contribution in [0.15, 0.2) is 24.3 Å². The highest BCUT2D eigenvalue weighted by atomic mass is 16.5. The van der Waals surface area contributed by atoms with Gasteiger partial charge in [-0.15, -0.1) is 0 Å². The smallest absolute Gasteiger partial charge is 0.251 e. The standard InChI is InChI=1S/C19H28N2O3/c1-24-16-8-6-14(7-9-16)19(23)20-15-10-12-21(13-11-15)17-4-2-3-5-18(17)22/h6-9,15,17-18,22H,2-5,10-13H2,1H3,(H,20,23). The largest absolute Gasteiger partial charge is 0.497 e. The highest BCUT2D eigenvalue weighted by Gasteiger charge is 2.31. The Hall–Kier alpha value is -1.59. The van der Waals surface area contributed by atoms with Crippen molar-refractivity contribution in [3.8, 4) is 5.75 Å². The number of rotatable bonds is 4. The zero-order chi connectivity index (χ0) is 16.9. The molecule has 0 aromatic heterocycles. The van der Waals surface area contributed by atoms with E-state index in [1.165, 1.54) is 6.42 Å². The predicted octanol–water partition coefficient (Wildman–Crippen LogP) is 2.19. The van der Waals surface area contributed by atoms with Gasteiger partial charge < -0.3 is 15.2 Å². The minimum Gasteiger partial charge on any atom is -0.497 e. The third-order valence-electron chi connectivity index (χ3n) is 5.38. The molecule has 0 spiro atoms. The molecule has 1 saturated heterocycles. The van der Waals surface area contributed by atoms with Gasteiger partial charge in [0.15, 0.2) is 0 Å². The van der Waals surface area contributed by atoms with Crippen molar-refractivity contribution in [3.63, 3.8) is 0 Å². The number of aliphatic hydroxyl groups is 1. The van der Waals surface area contributed by atoms with Crippen LogP contribution in [0, 0.1) is 0 Å². The third-order valence-corrected chi connectivity index (χ3v) is 5.38. The van der Waals surface area contributed by atoms with Crippen LogP contribution in [0.1, 0.15) is 48.9 Å². The lowest BCUT2D eigenvalue weighted by atomic mass is 9.89. The molecule has 2 unspecified atom stereocenters. The van der Waals surface area contributed by atoms with Crippen LogP contribution in [0.2, 0.25) is 0 Å². The summed E-state index contributed by atoms with van der Waals surface area (Å²) in [7, 11) is 1.62. The summed E-state index contributed by atoms with van der Waals surface area (Å²) < 4.78 is 5.12. The van der Waals surface area contributed by atoms with E-state index < -0.39 is 0 Å². The summed E-state index contributed by atoms with van der Waals surface area (Å²) in [5, 5.41) is 13.3. The van der Waals surface area contributed by atoms with Crippen molar-refractivity contribution in [1.82, 2.24) is 10.2 Å². The number of nitrogens with zero attached hydrogens (tertiary/aromatic N) is 1. The first kappa shape index (κ1) is 17.2. The van der Waals surface area contributed by atoms with Crippen LogP contribution in [0.5, 0.6) is 5.75 Å². The maximum atomic E-state index is 12.3. The second-order valence-corrected chi connectivity index (χ2v) is 6.93. The fourth-order valence-electron chi connectivity index (χ4n) is 3.90. The van der Waals surface area contributed by atoms with Crippen LogP contribution in [0.3, 0.4) is 0 Å². The molecule has 0 radical (unpaired) electrons. The van der Waals surface area contributed by atoms with Crippen LogP contribution >= 0.6 is 0 Å². The number of piperidine rings is 1. The molecule has 1 heterocycles. The molecule has 1 aliphatic heterocycles. The van der Waals surface area contributed by atoms with Gasteiger partial charge in [-0.3, -0.25) is 9.69 Å². The summed E-state index contributed by atoms with van der Waals surface area (Å²) in [6.07, 6.45) is 6.12. The molecule has 1 saturated carbocycles. The summed E-state index contributed by atoms with van der Waals surface area (Å²) in [5.41, 5.74) is 0.668. The van der Waals surface area contributed by atoms with Crippen molar-refractivity contribution in [2.24, 2.45) is 0 Å². The van der Waals surface area contributed by atoms with Gasteiger partial charge in [0.2, 0.25) is 0 Å². The van der Waals surface area contributed by atoms with Gasteiger partial charge in [0.1, 0.15) is 5.75 Å². The van der Waals surface area contributed by atoms with E-state index in [1.807, 2.05) is 12.1 Å². The van der Waals surface area contributed by atoms with Gasteiger partial charge in [-0.05, 0) is 49.9 Å². The summed E-state index contributed by atoms with van der Waals surface area (Å²) in [6.45, 7) is 1.91. The molecule has 1 amide bonds. The molecular formula is C19H28N2O3. The predicted molar refractivity (Wildman–Crippen MR) is 93.3 cm³/mol. The molecule has 2 atom stereocenters. The lowest BCUT2D eigenvalue weighted by Crippen LogP contribution is -2.52.